The quantitative estimate of drug-likeness (QED) is 0.736. The van der Waals surface area contributed by atoms with Gasteiger partial charge in [0, 0.05) is 11.5 Å². The van der Waals surface area contributed by atoms with Crippen molar-refractivity contribution >= 4 is 18.3 Å². The third kappa shape index (κ3) is 4.70. The number of hydrogen-bond acceptors (Lipinski definition) is 6. The second-order valence-electron chi connectivity index (χ2n) is 7.97. The lowest BCUT2D eigenvalue weighted by Gasteiger charge is -2.38. The van der Waals surface area contributed by atoms with E-state index in [1.54, 1.807) is 7.11 Å². The van der Waals surface area contributed by atoms with Crippen molar-refractivity contribution in [3.8, 4) is 5.75 Å². The van der Waals surface area contributed by atoms with E-state index >= 15 is 0 Å². The molecule has 29 heavy (non-hydrogen) atoms. The number of nitrogens with two attached hydrogens (primary N) is 1. The van der Waals surface area contributed by atoms with Crippen LogP contribution in [0.15, 0.2) is 24.3 Å². The molecule has 2 heterocycles. The molecule has 0 spiro atoms. The molecule has 1 aliphatic heterocycles. The van der Waals surface area contributed by atoms with Crippen molar-refractivity contribution in [3.63, 3.8) is 0 Å². The number of piperidine rings is 1. The Bertz CT molecular complexity index is 817. The highest BCUT2D eigenvalue weighted by atomic mass is 35.5. The van der Waals surface area contributed by atoms with Crippen molar-refractivity contribution in [2.45, 2.75) is 51.6 Å². The summed E-state index contributed by atoms with van der Waals surface area (Å²) in [7, 11) is 1.67. The Morgan fingerprint density at radius 1 is 1.31 bits per heavy atom. The fourth-order valence-corrected chi connectivity index (χ4v) is 3.78. The standard InChI is InChI=1S/C20H30N6O2.ClH/c1-5-20(2,3)26-19(22-23-24-26)17(15-8-6-7-9-16(15)28-4)25-12-10-14(11-13-25)18(21)27;/h6-9,14,17H,5,10-13H2,1-4H3,(H2,21,27);1H. The highest BCUT2D eigenvalue weighted by Crippen LogP contribution is 2.37. The Labute approximate surface area is 178 Å². The Hall–Kier alpha value is -2.19. The van der Waals surface area contributed by atoms with Crippen LogP contribution >= 0.6 is 12.4 Å². The maximum Gasteiger partial charge on any atom is 0.220 e. The zero-order chi connectivity index (χ0) is 20.3. The lowest BCUT2D eigenvalue weighted by Crippen LogP contribution is -2.42. The highest BCUT2D eigenvalue weighted by Gasteiger charge is 2.36. The average molecular weight is 423 g/mol. The van der Waals surface area contributed by atoms with Gasteiger partial charge in [0.1, 0.15) is 11.8 Å². The number of aromatic nitrogens is 4. The molecular weight excluding hydrogens is 392 g/mol. The summed E-state index contributed by atoms with van der Waals surface area (Å²) in [6, 6.07) is 7.81. The first kappa shape index (κ1) is 23.1. The SMILES string of the molecule is CCC(C)(C)n1nnnc1C(c1ccccc1OC)N1CCC(C(N)=O)CC1.Cl. The lowest BCUT2D eigenvalue weighted by molar-refractivity contribution is -0.123. The van der Waals surface area contributed by atoms with Gasteiger partial charge < -0.3 is 10.5 Å². The van der Waals surface area contributed by atoms with E-state index in [-0.39, 0.29) is 35.8 Å². The zero-order valence-corrected chi connectivity index (χ0v) is 18.4. The Morgan fingerprint density at radius 3 is 2.55 bits per heavy atom. The number of likely N-dealkylation sites (tertiary alicyclic amines) is 1. The number of rotatable bonds is 7. The van der Waals surface area contributed by atoms with Gasteiger partial charge in [0.25, 0.3) is 0 Å². The first-order chi connectivity index (χ1) is 13.4. The molecule has 2 aromatic rings. The molecule has 0 aliphatic carbocycles. The summed E-state index contributed by atoms with van der Waals surface area (Å²) in [5.74, 6) is 1.30. The van der Waals surface area contributed by atoms with Gasteiger partial charge in [-0.3, -0.25) is 9.69 Å². The average Bonchev–Trinajstić information content (AvgIpc) is 3.19. The molecule has 2 N–H and O–H groups in total. The van der Waals surface area contributed by atoms with E-state index < -0.39 is 0 Å². The van der Waals surface area contributed by atoms with Crippen LogP contribution in [0.1, 0.15) is 57.5 Å². The van der Waals surface area contributed by atoms with Crippen molar-refractivity contribution in [3.05, 3.63) is 35.7 Å². The van der Waals surface area contributed by atoms with Gasteiger partial charge in [-0.25, -0.2) is 4.68 Å². The second-order valence-corrected chi connectivity index (χ2v) is 7.97. The predicted octanol–water partition coefficient (Wildman–Crippen LogP) is 2.54. The van der Waals surface area contributed by atoms with Crippen LogP contribution in [0.4, 0.5) is 0 Å². The molecule has 1 aliphatic rings. The molecule has 9 heteroatoms. The van der Waals surface area contributed by atoms with E-state index in [9.17, 15) is 4.79 Å². The number of carbonyl (C=O) groups is 1. The maximum absolute atomic E-state index is 11.6. The van der Waals surface area contributed by atoms with Gasteiger partial charge in [-0.15, -0.1) is 17.5 Å². The number of amides is 1. The first-order valence-corrected chi connectivity index (χ1v) is 9.84. The molecule has 1 aromatic carbocycles. The molecule has 1 amide bonds. The molecule has 0 saturated carbocycles. The van der Waals surface area contributed by atoms with Gasteiger partial charge in [-0.1, -0.05) is 25.1 Å². The highest BCUT2D eigenvalue weighted by molar-refractivity contribution is 5.85. The van der Waals surface area contributed by atoms with Gasteiger partial charge in [0.15, 0.2) is 5.82 Å². The summed E-state index contributed by atoms with van der Waals surface area (Å²) in [5.41, 5.74) is 6.33. The number of hydrogen-bond donors (Lipinski definition) is 1. The van der Waals surface area contributed by atoms with E-state index in [1.807, 2.05) is 22.9 Å². The van der Waals surface area contributed by atoms with E-state index in [1.165, 1.54) is 0 Å². The number of carbonyl (C=O) groups excluding carboxylic acids is 1. The molecule has 3 rings (SSSR count). The van der Waals surface area contributed by atoms with Crippen molar-refractivity contribution in [1.29, 1.82) is 0 Å². The summed E-state index contributed by atoms with van der Waals surface area (Å²) < 4.78 is 7.57. The van der Waals surface area contributed by atoms with E-state index in [4.69, 9.17) is 10.5 Å². The van der Waals surface area contributed by atoms with Crippen molar-refractivity contribution in [2.24, 2.45) is 11.7 Å². The smallest absolute Gasteiger partial charge is 0.220 e. The summed E-state index contributed by atoms with van der Waals surface area (Å²) in [6.45, 7) is 7.88. The zero-order valence-electron chi connectivity index (χ0n) is 17.5. The van der Waals surface area contributed by atoms with Crippen molar-refractivity contribution in [2.75, 3.05) is 20.2 Å². The van der Waals surface area contributed by atoms with Crippen LogP contribution in [0.3, 0.4) is 0 Å². The topological polar surface area (TPSA) is 99.2 Å². The fourth-order valence-electron chi connectivity index (χ4n) is 3.78. The molecule has 160 valence electrons. The lowest BCUT2D eigenvalue weighted by atomic mass is 9.92. The molecular formula is C20H31ClN6O2. The first-order valence-electron chi connectivity index (χ1n) is 9.84. The van der Waals surface area contributed by atoms with Gasteiger partial charge in [0.05, 0.1) is 12.6 Å². The second kappa shape index (κ2) is 9.54. The van der Waals surface area contributed by atoms with Crippen LogP contribution < -0.4 is 10.5 Å². The minimum absolute atomic E-state index is 0. The number of tetrazole rings is 1. The van der Waals surface area contributed by atoms with Crippen LogP contribution in [0.2, 0.25) is 0 Å². The van der Waals surface area contributed by atoms with Gasteiger partial charge in [0.2, 0.25) is 5.91 Å². The number of benzene rings is 1. The third-order valence-electron chi connectivity index (χ3n) is 5.91. The molecule has 1 atom stereocenters. The minimum atomic E-state index is -0.218. The number of halogens is 1. The maximum atomic E-state index is 11.6. The summed E-state index contributed by atoms with van der Waals surface area (Å²) in [6.07, 6.45) is 2.37. The number of para-hydroxylation sites is 1. The molecule has 8 nitrogen and oxygen atoms in total. The summed E-state index contributed by atoms with van der Waals surface area (Å²) in [4.78, 5) is 13.9. The van der Waals surface area contributed by atoms with Gasteiger partial charge in [-0.05, 0) is 62.7 Å². The predicted molar refractivity (Wildman–Crippen MR) is 113 cm³/mol. The molecule has 1 aromatic heterocycles. The number of methoxy groups -OCH3 is 1. The monoisotopic (exact) mass is 422 g/mol. The summed E-state index contributed by atoms with van der Waals surface area (Å²) >= 11 is 0. The Kier molecular flexibility index (Phi) is 7.60. The molecule has 1 saturated heterocycles. The minimum Gasteiger partial charge on any atom is -0.496 e. The fraction of sp³-hybridized carbons (Fsp3) is 0.600. The third-order valence-corrected chi connectivity index (χ3v) is 5.91. The van der Waals surface area contributed by atoms with Crippen LogP contribution in [0.25, 0.3) is 0 Å². The largest absolute Gasteiger partial charge is 0.496 e. The van der Waals surface area contributed by atoms with Crippen LogP contribution in [0.5, 0.6) is 5.75 Å². The van der Waals surface area contributed by atoms with Gasteiger partial charge >= 0.3 is 0 Å². The van der Waals surface area contributed by atoms with Gasteiger partial charge in [-0.2, -0.15) is 0 Å². The Morgan fingerprint density at radius 2 is 1.97 bits per heavy atom. The normalized spacial score (nSPS) is 16.8. The molecule has 1 unspecified atom stereocenters. The Balaban J connectivity index is 0.00000300. The van der Waals surface area contributed by atoms with Crippen LogP contribution in [-0.2, 0) is 10.3 Å². The van der Waals surface area contributed by atoms with Crippen molar-refractivity contribution in [1.82, 2.24) is 25.1 Å². The molecule has 0 bridgehead atoms. The number of primary amides is 1. The van der Waals surface area contributed by atoms with E-state index in [0.29, 0.717) is 0 Å². The van der Waals surface area contributed by atoms with Crippen LogP contribution in [-0.4, -0.2) is 51.2 Å². The summed E-state index contributed by atoms with van der Waals surface area (Å²) in [5, 5.41) is 12.7. The molecule has 0 radical (unpaired) electrons. The number of ether oxygens (including phenoxy) is 1. The van der Waals surface area contributed by atoms with E-state index in [0.717, 1.165) is 49.5 Å². The number of nitrogens with zero attached hydrogens (tertiary/aromatic N) is 5. The van der Waals surface area contributed by atoms with E-state index in [2.05, 4.69) is 47.3 Å². The van der Waals surface area contributed by atoms with Crippen LogP contribution in [0, 0.1) is 5.92 Å². The van der Waals surface area contributed by atoms with Crippen molar-refractivity contribution < 1.29 is 9.53 Å². The molecule has 1 fully saturated rings.